The lowest BCUT2D eigenvalue weighted by Gasteiger charge is -2.50. The van der Waals surface area contributed by atoms with Crippen LogP contribution in [0.1, 0.15) is 18.4 Å². The first-order valence-corrected chi connectivity index (χ1v) is 9.91. The summed E-state index contributed by atoms with van der Waals surface area (Å²) in [7, 11) is -3.57. The van der Waals surface area contributed by atoms with Crippen LogP contribution in [-0.4, -0.2) is 42.3 Å². The Morgan fingerprint density at radius 3 is 2.42 bits per heavy atom. The number of hydrogen-bond donors (Lipinski definition) is 1. The molecule has 5 nitrogen and oxygen atoms in total. The van der Waals surface area contributed by atoms with E-state index in [4.69, 9.17) is 0 Å². The number of nitrogens with zero attached hydrogens (tertiary/aromatic N) is 2. The largest absolute Gasteiger partial charge is 0.395 e. The van der Waals surface area contributed by atoms with Gasteiger partial charge in [0.15, 0.2) is 0 Å². The maximum atomic E-state index is 13.4. The van der Waals surface area contributed by atoms with Gasteiger partial charge in [-0.25, -0.2) is 12.8 Å². The van der Waals surface area contributed by atoms with E-state index in [2.05, 4.69) is 0 Å². The third-order valence-electron chi connectivity index (χ3n) is 4.81. The fourth-order valence-electron chi connectivity index (χ4n) is 3.46. The molecule has 1 saturated heterocycles. The molecule has 0 amide bonds. The Balaban J connectivity index is 1.90. The Kier molecular flexibility index (Phi) is 5.10. The summed E-state index contributed by atoms with van der Waals surface area (Å²) in [4.78, 5) is 0. The lowest BCUT2D eigenvalue weighted by atomic mass is 9.78. The Hall–Kier alpha value is -2.27. The van der Waals surface area contributed by atoms with Gasteiger partial charge in [-0.2, -0.15) is 9.57 Å². The van der Waals surface area contributed by atoms with E-state index in [1.807, 2.05) is 18.2 Å². The van der Waals surface area contributed by atoms with Crippen LogP contribution in [0.25, 0.3) is 11.1 Å². The van der Waals surface area contributed by atoms with Crippen molar-refractivity contribution in [2.75, 3.05) is 12.4 Å². The fraction of sp³-hybridized carbons (Fsp3) is 0.316. The average molecular weight is 374 g/mol. The minimum absolute atomic E-state index is 0.118. The number of halogens is 1. The molecular weight excluding hydrogens is 355 g/mol. The molecule has 2 aromatic carbocycles. The summed E-state index contributed by atoms with van der Waals surface area (Å²) >= 11 is 0. The van der Waals surface area contributed by atoms with Gasteiger partial charge in [0.25, 0.3) is 0 Å². The molecule has 1 N–H and O–H groups in total. The first-order chi connectivity index (χ1) is 12.4. The van der Waals surface area contributed by atoms with Crippen molar-refractivity contribution >= 4 is 10.0 Å². The minimum Gasteiger partial charge on any atom is -0.395 e. The van der Waals surface area contributed by atoms with Crippen LogP contribution >= 0.6 is 0 Å². The quantitative estimate of drug-likeness (QED) is 0.872. The molecule has 0 saturated carbocycles. The van der Waals surface area contributed by atoms with Crippen molar-refractivity contribution in [1.29, 1.82) is 5.26 Å². The van der Waals surface area contributed by atoms with Crippen LogP contribution in [0.15, 0.2) is 48.5 Å². The van der Waals surface area contributed by atoms with Gasteiger partial charge < -0.3 is 5.11 Å². The highest BCUT2D eigenvalue weighted by Crippen LogP contribution is 2.42. The van der Waals surface area contributed by atoms with Crippen molar-refractivity contribution in [1.82, 2.24) is 4.31 Å². The molecular formula is C19H19FN2O3S. The number of aliphatic hydroxyl groups is 1. The zero-order chi connectivity index (χ0) is 18.9. The second-order valence-electron chi connectivity index (χ2n) is 6.21. The number of nitriles is 1. The third kappa shape index (κ3) is 3.12. The van der Waals surface area contributed by atoms with Gasteiger partial charge in [0, 0.05) is 5.92 Å². The van der Waals surface area contributed by atoms with E-state index < -0.39 is 28.0 Å². The van der Waals surface area contributed by atoms with Crippen LogP contribution in [-0.2, 0) is 10.0 Å². The van der Waals surface area contributed by atoms with Crippen molar-refractivity contribution in [3.8, 4) is 17.2 Å². The van der Waals surface area contributed by atoms with Gasteiger partial charge >= 0.3 is 0 Å². The van der Waals surface area contributed by atoms with Crippen molar-refractivity contribution < 1.29 is 17.9 Å². The normalized spacial score (nSPS) is 23.2. The lowest BCUT2D eigenvalue weighted by molar-refractivity contribution is 0.0558. The molecule has 2 aromatic rings. The molecule has 0 spiro atoms. The molecule has 0 bridgehead atoms. The molecule has 136 valence electrons. The van der Waals surface area contributed by atoms with E-state index in [1.165, 1.54) is 19.1 Å². The summed E-state index contributed by atoms with van der Waals surface area (Å²) in [6.07, 6.45) is 0. The molecule has 26 heavy (non-hydrogen) atoms. The highest BCUT2D eigenvalue weighted by molar-refractivity contribution is 7.89. The highest BCUT2D eigenvalue weighted by atomic mass is 32.2. The molecule has 3 atom stereocenters. The van der Waals surface area contributed by atoms with Gasteiger partial charge in [0.2, 0.25) is 10.0 Å². The zero-order valence-electron chi connectivity index (χ0n) is 14.2. The number of rotatable bonds is 5. The predicted octanol–water partition coefficient (Wildman–Crippen LogP) is 2.49. The van der Waals surface area contributed by atoms with Crippen LogP contribution < -0.4 is 0 Å². The maximum Gasteiger partial charge on any atom is 0.215 e. The monoisotopic (exact) mass is 374 g/mol. The van der Waals surface area contributed by atoms with Gasteiger partial charge in [-0.1, -0.05) is 36.4 Å². The molecule has 3 rings (SSSR count). The van der Waals surface area contributed by atoms with Crippen molar-refractivity contribution in [3.05, 3.63) is 59.9 Å². The van der Waals surface area contributed by atoms with E-state index >= 15 is 0 Å². The summed E-state index contributed by atoms with van der Waals surface area (Å²) in [5.41, 5.74) is 2.33. The molecule has 1 heterocycles. The standard InChI is InChI=1S/C19H19FN2O3S/c1-2-26(24,25)22-17(11-21)19(18(22)12-23)14-8-6-13(7-9-14)15-4-3-5-16(20)10-15/h3-10,17-19,23H,2,12H2,1H3/t17-,18+,19-/m1/s1. The Morgan fingerprint density at radius 2 is 1.88 bits per heavy atom. The van der Waals surface area contributed by atoms with Gasteiger partial charge in [0.05, 0.1) is 24.5 Å². The number of hydrogen-bond acceptors (Lipinski definition) is 4. The summed E-state index contributed by atoms with van der Waals surface area (Å²) in [6.45, 7) is 1.16. The number of benzene rings is 2. The fourth-order valence-corrected chi connectivity index (χ4v) is 4.89. The first-order valence-electron chi connectivity index (χ1n) is 8.30. The van der Waals surface area contributed by atoms with E-state index in [0.717, 1.165) is 21.0 Å². The molecule has 0 radical (unpaired) electrons. The van der Waals surface area contributed by atoms with E-state index in [1.54, 1.807) is 24.3 Å². The first kappa shape index (κ1) is 18.5. The van der Waals surface area contributed by atoms with Gasteiger partial charge in [-0.15, -0.1) is 0 Å². The average Bonchev–Trinajstić information content (AvgIpc) is 2.62. The van der Waals surface area contributed by atoms with Gasteiger partial charge in [0.1, 0.15) is 11.9 Å². The summed E-state index contributed by atoms with van der Waals surface area (Å²) in [6, 6.07) is 14.0. The molecule has 1 fully saturated rings. The second-order valence-corrected chi connectivity index (χ2v) is 8.38. The summed E-state index contributed by atoms with van der Waals surface area (Å²) in [5.74, 6) is -0.837. The highest BCUT2D eigenvalue weighted by Gasteiger charge is 2.54. The van der Waals surface area contributed by atoms with Crippen molar-refractivity contribution in [3.63, 3.8) is 0 Å². The van der Waals surface area contributed by atoms with Crippen LogP contribution in [0.4, 0.5) is 4.39 Å². The molecule has 1 aliphatic rings. The summed E-state index contributed by atoms with van der Waals surface area (Å²) < 4.78 is 38.9. The summed E-state index contributed by atoms with van der Waals surface area (Å²) in [5, 5.41) is 19.1. The topological polar surface area (TPSA) is 81.4 Å². The molecule has 1 aliphatic heterocycles. The molecule has 0 unspecified atom stereocenters. The van der Waals surface area contributed by atoms with Crippen molar-refractivity contribution in [2.24, 2.45) is 0 Å². The van der Waals surface area contributed by atoms with E-state index in [9.17, 15) is 23.2 Å². The smallest absolute Gasteiger partial charge is 0.215 e. The molecule has 7 heteroatoms. The molecule has 0 aliphatic carbocycles. The third-order valence-corrected chi connectivity index (χ3v) is 6.68. The maximum absolute atomic E-state index is 13.4. The van der Waals surface area contributed by atoms with Crippen molar-refractivity contribution in [2.45, 2.75) is 24.9 Å². The minimum atomic E-state index is -3.57. The molecule has 0 aromatic heterocycles. The Bertz CT molecular complexity index is 938. The predicted molar refractivity (Wildman–Crippen MR) is 96.2 cm³/mol. The van der Waals surface area contributed by atoms with Crippen LogP contribution in [0.2, 0.25) is 0 Å². The van der Waals surface area contributed by atoms with E-state index in [0.29, 0.717) is 0 Å². The van der Waals surface area contributed by atoms with Gasteiger partial charge in [-0.05, 0) is 35.7 Å². The number of sulfonamides is 1. The Labute approximate surface area is 152 Å². The Morgan fingerprint density at radius 1 is 1.19 bits per heavy atom. The lowest BCUT2D eigenvalue weighted by Crippen LogP contribution is -2.65. The van der Waals surface area contributed by atoms with Crippen LogP contribution in [0, 0.1) is 17.1 Å². The SMILES string of the molecule is CCS(=O)(=O)N1[C@H](C#N)[C@@H](c2ccc(-c3cccc(F)c3)cc2)[C@@H]1CO. The van der Waals surface area contributed by atoms with Crippen LogP contribution in [0.3, 0.4) is 0 Å². The van der Waals surface area contributed by atoms with Crippen LogP contribution in [0.5, 0.6) is 0 Å². The van der Waals surface area contributed by atoms with Gasteiger partial charge in [-0.3, -0.25) is 0 Å². The van der Waals surface area contributed by atoms with E-state index in [-0.39, 0.29) is 18.2 Å². The second kappa shape index (κ2) is 7.16. The zero-order valence-corrected chi connectivity index (χ0v) is 15.0. The number of aliphatic hydroxyl groups excluding tert-OH is 1.